The van der Waals surface area contributed by atoms with Gasteiger partial charge in [0.05, 0.1) is 6.10 Å². The van der Waals surface area contributed by atoms with Crippen molar-refractivity contribution in [2.45, 2.75) is 77.0 Å². The SMILES string of the molecule is CCC(CC)N(C)C1CCCCCC1O. The van der Waals surface area contributed by atoms with Crippen LogP contribution in [0.1, 0.15) is 58.8 Å². The molecule has 0 aromatic carbocycles. The van der Waals surface area contributed by atoms with Crippen LogP contribution in [0.4, 0.5) is 0 Å². The summed E-state index contributed by atoms with van der Waals surface area (Å²) < 4.78 is 0. The van der Waals surface area contributed by atoms with Crippen LogP contribution in [0.3, 0.4) is 0 Å². The van der Waals surface area contributed by atoms with Gasteiger partial charge in [-0.15, -0.1) is 0 Å². The smallest absolute Gasteiger partial charge is 0.0695 e. The Morgan fingerprint density at radius 1 is 1.13 bits per heavy atom. The van der Waals surface area contributed by atoms with E-state index in [0.717, 1.165) is 6.42 Å². The van der Waals surface area contributed by atoms with Gasteiger partial charge in [-0.1, -0.05) is 33.1 Å². The summed E-state index contributed by atoms with van der Waals surface area (Å²) in [6, 6.07) is 1.04. The number of nitrogens with zero attached hydrogens (tertiary/aromatic N) is 1. The van der Waals surface area contributed by atoms with Crippen molar-refractivity contribution in [2.24, 2.45) is 0 Å². The predicted molar refractivity (Wildman–Crippen MR) is 65.0 cm³/mol. The second-order valence-electron chi connectivity index (χ2n) is 4.91. The van der Waals surface area contributed by atoms with E-state index in [1.807, 2.05) is 0 Å². The Labute approximate surface area is 94.7 Å². The molecule has 0 aromatic heterocycles. The van der Waals surface area contributed by atoms with Gasteiger partial charge in [-0.3, -0.25) is 4.90 Å². The highest BCUT2D eigenvalue weighted by Crippen LogP contribution is 2.24. The van der Waals surface area contributed by atoms with E-state index in [1.165, 1.54) is 38.5 Å². The summed E-state index contributed by atoms with van der Waals surface area (Å²) in [6.45, 7) is 4.49. The van der Waals surface area contributed by atoms with Crippen LogP contribution < -0.4 is 0 Å². The number of aliphatic hydroxyl groups is 1. The number of likely N-dealkylation sites (N-methyl/N-ethyl adjacent to an activating group) is 1. The minimum absolute atomic E-state index is 0.0990. The molecule has 1 N–H and O–H groups in total. The third-order valence-corrected chi connectivity index (χ3v) is 3.99. The maximum absolute atomic E-state index is 10.1. The number of hydrogen-bond donors (Lipinski definition) is 1. The number of hydrogen-bond acceptors (Lipinski definition) is 2. The molecule has 0 spiro atoms. The highest BCUT2D eigenvalue weighted by molar-refractivity contribution is 4.83. The molecule has 0 bridgehead atoms. The quantitative estimate of drug-likeness (QED) is 0.726. The van der Waals surface area contributed by atoms with E-state index in [0.29, 0.717) is 12.1 Å². The highest BCUT2D eigenvalue weighted by atomic mass is 16.3. The summed E-state index contributed by atoms with van der Waals surface area (Å²) in [7, 11) is 2.19. The summed E-state index contributed by atoms with van der Waals surface area (Å²) >= 11 is 0. The van der Waals surface area contributed by atoms with Crippen molar-refractivity contribution < 1.29 is 5.11 Å². The Balaban J connectivity index is 2.57. The van der Waals surface area contributed by atoms with Gasteiger partial charge >= 0.3 is 0 Å². The summed E-state index contributed by atoms with van der Waals surface area (Å²) in [6.07, 6.45) is 8.24. The molecule has 0 amide bonds. The van der Waals surface area contributed by atoms with E-state index < -0.39 is 0 Å². The van der Waals surface area contributed by atoms with E-state index in [2.05, 4.69) is 25.8 Å². The molecule has 2 atom stereocenters. The van der Waals surface area contributed by atoms with E-state index in [9.17, 15) is 5.11 Å². The topological polar surface area (TPSA) is 23.5 Å². The monoisotopic (exact) mass is 213 g/mol. The van der Waals surface area contributed by atoms with Crippen LogP contribution in [-0.4, -0.2) is 35.2 Å². The third kappa shape index (κ3) is 3.46. The minimum atomic E-state index is -0.0990. The third-order valence-electron chi connectivity index (χ3n) is 3.99. The maximum atomic E-state index is 10.1. The van der Waals surface area contributed by atoms with Crippen molar-refractivity contribution in [3.05, 3.63) is 0 Å². The molecule has 0 heterocycles. The molecule has 2 unspecified atom stereocenters. The molecular formula is C13H27NO. The first kappa shape index (κ1) is 13.0. The molecule has 0 aliphatic heterocycles. The van der Waals surface area contributed by atoms with Gasteiger partial charge in [0.25, 0.3) is 0 Å². The average Bonchev–Trinajstić information content (AvgIpc) is 2.44. The second-order valence-corrected chi connectivity index (χ2v) is 4.91. The van der Waals surface area contributed by atoms with Crippen LogP contribution in [0, 0.1) is 0 Å². The zero-order valence-electron chi connectivity index (χ0n) is 10.6. The lowest BCUT2D eigenvalue weighted by atomic mass is 10.0. The molecular weight excluding hydrogens is 186 g/mol. The standard InChI is InChI=1S/C13H27NO/c1-4-11(5-2)14(3)12-9-7-6-8-10-13(12)15/h11-13,15H,4-10H2,1-3H3. The Bertz CT molecular complexity index is 168. The summed E-state index contributed by atoms with van der Waals surface area (Å²) in [5.74, 6) is 0. The first-order valence-corrected chi connectivity index (χ1v) is 6.60. The first-order valence-electron chi connectivity index (χ1n) is 6.60. The molecule has 1 rings (SSSR count). The van der Waals surface area contributed by atoms with Gasteiger partial charge in [0.2, 0.25) is 0 Å². The lowest BCUT2D eigenvalue weighted by molar-refractivity contribution is 0.0337. The minimum Gasteiger partial charge on any atom is -0.391 e. The Kier molecular flexibility index (Phi) is 5.62. The lowest BCUT2D eigenvalue weighted by Gasteiger charge is -2.36. The Morgan fingerprint density at radius 3 is 2.33 bits per heavy atom. The molecule has 1 saturated carbocycles. The lowest BCUT2D eigenvalue weighted by Crippen LogP contribution is -2.45. The fourth-order valence-electron chi connectivity index (χ4n) is 2.88. The highest BCUT2D eigenvalue weighted by Gasteiger charge is 2.28. The summed E-state index contributed by atoms with van der Waals surface area (Å²) in [5.41, 5.74) is 0. The molecule has 2 heteroatoms. The average molecular weight is 213 g/mol. The number of rotatable bonds is 4. The van der Waals surface area contributed by atoms with Crippen molar-refractivity contribution in [2.75, 3.05) is 7.05 Å². The summed E-state index contributed by atoms with van der Waals surface area (Å²) in [5, 5.41) is 10.1. The molecule has 90 valence electrons. The van der Waals surface area contributed by atoms with Crippen LogP contribution >= 0.6 is 0 Å². The van der Waals surface area contributed by atoms with Gasteiger partial charge in [0.1, 0.15) is 0 Å². The van der Waals surface area contributed by atoms with Crippen molar-refractivity contribution in [3.63, 3.8) is 0 Å². The van der Waals surface area contributed by atoms with Gasteiger partial charge in [0.15, 0.2) is 0 Å². The normalized spacial score (nSPS) is 28.4. The van der Waals surface area contributed by atoms with E-state index in [4.69, 9.17) is 0 Å². The van der Waals surface area contributed by atoms with Gasteiger partial charge in [0, 0.05) is 12.1 Å². The van der Waals surface area contributed by atoms with Crippen molar-refractivity contribution in [1.29, 1.82) is 0 Å². The fraction of sp³-hybridized carbons (Fsp3) is 1.00. The van der Waals surface area contributed by atoms with Gasteiger partial charge < -0.3 is 5.11 Å². The molecule has 1 aliphatic rings. The first-order chi connectivity index (χ1) is 7.20. The van der Waals surface area contributed by atoms with Gasteiger partial charge in [-0.05, 0) is 32.7 Å². The second kappa shape index (κ2) is 6.49. The summed E-state index contributed by atoms with van der Waals surface area (Å²) in [4.78, 5) is 2.43. The van der Waals surface area contributed by atoms with Crippen LogP contribution in [0.25, 0.3) is 0 Å². The van der Waals surface area contributed by atoms with Crippen molar-refractivity contribution >= 4 is 0 Å². The molecule has 0 radical (unpaired) electrons. The predicted octanol–water partition coefficient (Wildman–Crippen LogP) is 2.80. The maximum Gasteiger partial charge on any atom is 0.0695 e. The Hall–Kier alpha value is -0.0800. The number of aliphatic hydroxyl groups excluding tert-OH is 1. The van der Waals surface area contributed by atoms with Crippen molar-refractivity contribution in [1.82, 2.24) is 4.90 Å². The molecule has 2 nitrogen and oxygen atoms in total. The Morgan fingerprint density at radius 2 is 1.73 bits per heavy atom. The zero-order valence-corrected chi connectivity index (χ0v) is 10.6. The van der Waals surface area contributed by atoms with E-state index >= 15 is 0 Å². The zero-order chi connectivity index (χ0) is 11.3. The molecule has 1 aliphatic carbocycles. The van der Waals surface area contributed by atoms with Gasteiger partial charge in [-0.25, -0.2) is 0 Å². The van der Waals surface area contributed by atoms with Crippen LogP contribution in [-0.2, 0) is 0 Å². The largest absolute Gasteiger partial charge is 0.391 e. The van der Waals surface area contributed by atoms with Crippen LogP contribution in [0.5, 0.6) is 0 Å². The van der Waals surface area contributed by atoms with E-state index in [-0.39, 0.29) is 6.10 Å². The van der Waals surface area contributed by atoms with E-state index in [1.54, 1.807) is 0 Å². The van der Waals surface area contributed by atoms with Crippen molar-refractivity contribution in [3.8, 4) is 0 Å². The molecule has 1 fully saturated rings. The van der Waals surface area contributed by atoms with Crippen LogP contribution in [0.15, 0.2) is 0 Å². The van der Waals surface area contributed by atoms with Crippen LogP contribution in [0.2, 0.25) is 0 Å². The molecule has 0 aromatic rings. The van der Waals surface area contributed by atoms with Gasteiger partial charge in [-0.2, -0.15) is 0 Å². The molecule has 0 saturated heterocycles. The fourth-order valence-corrected chi connectivity index (χ4v) is 2.88. The molecule has 15 heavy (non-hydrogen) atoms.